The zero-order valence-corrected chi connectivity index (χ0v) is 19.6. The third-order valence-corrected chi connectivity index (χ3v) is 5.79. The standard InChI is InChI=1S/C25H25N5O2S/c1-25(2,15-26)18-8-5-7-17(13-18)23(31)29-19-9-6-10-20(14-19)32-22-12-11-21(28-4)24(30-22)33-16-27-3/h5-14,27H,4,16H2,1-3H3,(H,29,31). The minimum absolute atomic E-state index is 0.270. The second-order valence-corrected chi connectivity index (χ2v) is 8.64. The van der Waals surface area contributed by atoms with Gasteiger partial charge in [0, 0.05) is 29.3 Å². The van der Waals surface area contributed by atoms with Crippen molar-refractivity contribution in [2.45, 2.75) is 24.3 Å². The molecule has 0 aliphatic carbocycles. The molecule has 1 amide bonds. The highest BCUT2D eigenvalue weighted by atomic mass is 32.2. The normalized spacial score (nSPS) is 10.8. The van der Waals surface area contributed by atoms with Crippen LogP contribution >= 0.6 is 11.8 Å². The topological polar surface area (TPSA) is 99.4 Å². The molecule has 0 spiro atoms. The second-order valence-electron chi connectivity index (χ2n) is 7.68. The van der Waals surface area contributed by atoms with Crippen molar-refractivity contribution in [3.63, 3.8) is 0 Å². The van der Waals surface area contributed by atoms with Gasteiger partial charge in [-0.05, 0) is 63.5 Å². The summed E-state index contributed by atoms with van der Waals surface area (Å²) < 4.78 is 5.91. The molecule has 0 aliphatic heterocycles. The first kappa shape index (κ1) is 24.0. The molecule has 168 valence electrons. The molecule has 3 rings (SSSR count). The molecule has 0 atom stereocenters. The van der Waals surface area contributed by atoms with E-state index in [0.717, 1.165) is 5.56 Å². The van der Waals surface area contributed by atoms with E-state index in [4.69, 9.17) is 4.74 Å². The summed E-state index contributed by atoms with van der Waals surface area (Å²) in [5.41, 5.74) is 1.84. The van der Waals surface area contributed by atoms with Crippen molar-refractivity contribution in [3.05, 3.63) is 71.8 Å². The summed E-state index contributed by atoms with van der Waals surface area (Å²) in [5.74, 6) is 1.35. The third-order valence-electron chi connectivity index (χ3n) is 4.78. The van der Waals surface area contributed by atoms with E-state index in [0.29, 0.717) is 39.5 Å². The smallest absolute Gasteiger partial charge is 0.255 e. The number of thioether (sulfide) groups is 1. The number of hydrogen-bond donors (Lipinski definition) is 2. The van der Waals surface area contributed by atoms with Gasteiger partial charge in [0.2, 0.25) is 5.88 Å². The van der Waals surface area contributed by atoms with Crippen LogP contribution in [0.1, 0.15) is 29.8 Å². The average molecular weight is 460 g/mol. The van der Waals surface area contributed by atoms with Crippen LogP contribution in [0.5, 0.6) is 11.6 Å². The number of ether oxygens (including phenoxy) is 1. The molecule has 2 N–H and O–H groups in total. The van der Waals surface area contributed by atoms with Crippen molar-refractivity contribution in [1.29, 1.82) is 5.26 Å². The summed E-state index contributed by atoms with van der Waals surface area (Å²) in [6.07, 6.45) is 0. The van der Waals surface area contributed by atoms with Gasteiger partial charge in [0.05, 0.1) is 17.2 Å². The van der Waals surface area contributed by atoms with E-state index in [-0.39, 0.29) is 5.91 Å². The number of anilines is 1. The van der Waals surface area contributed by atoms with Crippen LogP contribution in [0.3, 0.4) is 0 Å². The van der Waals surface area contributed by atoms with Crippen molar-refractivity contribution in [2.75, 3.05) is 18.2 Å². The Balaban J connectivity index is 1.76. The maximum Gasteiger partial charge on any atom is 0.255 e. The number of hydrogen-bond acceptors (Lipinski definition) is 7. The Hall–Kier alpha value is -3.67. The van der Waals surface area contributed by atoms with Gasteiger partial charge in [-0.2, -0.15) is 5.26 Å². The Labute approximate surface area is 197 Å². The van der Waals surface area contributed by atoms with E-state index in [1.165, 1.54) is 11.8 Å². The monoisotopic (exact) mass is 459 g/mol. The summed E-state index contributed by atoms with van der Waals surface area (Å²) >= 11 is 1.50. The zero-order chi connectivity index (χ0) is 23.8. The Kier molecular flexibility index (Phi) is 7.83. The Morgan fingerprint density at radius 3 is 2.73 bits per heavy atom. The van der Waals surface area contributed by atoms with Crippen LogP contribution < -0.4 is 15.4 Å². The fraction of sp³-hybridized carbons (Fsp3) is 0.200. The molecule has 0 fully saturated rings. The molecule has 0 saturated carbocycles. The molecule has 0 bridgehead atoms. The van der Waals surface area contributed by atoms with E-state index < -0.39 is 5.41 Å². The number of carbonyl (C=O) groups excluding carboxylic acids is 1. The van der Waals surface area contributed by atoms with Gasteiger partial charge in [-0.15, -0.1) is 0 Å². The van der Waals surface area contributed by atoms with Gasteiger partial charge in [-0.25, -0.2) is 4.98 Å². The van der Waals surface area contributed by atoms with Crippen molar-refractivity contribution >= 4 is 35.8 Å². The first-order valence-corrected chi connectivity index (χ1v) is 11.2. The summed E-state index contributed by atoms with van der Waals surface area (Å²) in [6.45, 7) is 7.22. The summed E-state index contributed by atoms with van der Waals surface area (Å²) in [7, 11) is 1.86. The number of pyridine rings is 1. The lowest BCUT2D eigenvalue weighted by Gasteiger charge is -2.16. The fourth-order valence-corrected chi connectivity index (χ4v) is 3.63. The summed E-state index contributed by atoms with van der Waals surface area (Å²) in [4.78, 5) is 21.3. The second kappa shape index (κ2) is 10.8. The zero-order valence-electron chi connectivity index (χ0n) is 18.8. The lowest BCUT2D eigenvalue weighted by molar-refractivity contribution is 0.102. The quantitative estimate of drug-likeness (QED) is 0.248. The highest BCUT2D eigenvalue weighted by Crippen LogP contribution is 2.31. The number of nitrogens with zero attached hydrogens (tertiary/aromatic N) is 3. The highest BCUT2D eigenvalue weighted by Gasteiger charge is 2.21. The maximum atomic E-state index is 12.8. The first-order chi connectivity index (χ1) is 15.9. The number of nitrogens with one attached hydrogen (secondary N) is 2. The molecule has 1 heterocycles. The Morgan fingerprint density at radius 2 is 2.00 bits per heavy atom. The minimum Gasteiger partial charge on any atom is -0.439 e. The number of aliphatic imine (C=N–C) groups is 1. The summed E-state index contributed by atoms with van der Waals surface area (Å²) in [5, 5.41) is 16.0. The average Bonchev–Trinajstić information content (AvgIpc) is 2.83. The molecular formula is C25H25N5O2S. The van der Waals surface area contributed by atoms with Crippen LogP contribution in [0.15, 0.2) is 70.7 Å². The molecule has 3 aromatic rings. The predicted octanol–water partition coefficient (Wildman–Crippen LogP) is 5.53. The van der Waals surface area contributed by atoms with Crippen LogP contribution in [-0.2, 0) is 5.41 Å². The Bertz CT molecular complexity index is 1200. The molecule has 0 aliphatic rings. The molecule has 0 saturated heterocycles. The molecule has 1 aromatic heterocycles. The molecule has 7 nitrogen and oxygen atoms in total. The number of amides is 1. The van der Waals surface area contributed by atoms with Crippen molar-refractivity contribution < 1.29 is 9.53 Å². The van der Waals surface area contributed by atoms with E-state index >= 15 is 0 Å². The van der Waals surface area contributed by atoms with Crippen LogP contribution in [-0.4, -0.2) is 30.5 Å². The lowest BCUT2D eigenvalue weighted by Crippen LogP contribution is -2.17. The summed E-state index contributed by atoms with van der Waals surface area (Å²) in [6, 6.07) is 19.9. The number of aromatic nitrogens is 1. The predicted molar refractivity (Wildman–Crippen MR) is 133 cm³/mol. The van der Waals surface area contributed by atoms with E-state index in [2.05, 4.69) is 33.4 Å². The van der Waals surface area contributed by atoms with Gasteiger partial charge in [-0.3, -0.25) is 9.79 Å². The van der Waals surface area contributed by atoms with Gasteiger partial charge in [0.1, 0.15) is 10.8 Å². The molecule has 0 radical (unpaired) electrons. The fourth-order valence-electron chi connectivity index (χ4n) is 2.92. The van der Waals surface area contributed by atoms with Crippen molar-refractivity contribution in [3.8, 4) is 17.7 Å². The van der Waals surface area contributed by atoms with E-state index in [1.54, 1.807) is 54.6 Å². The van der Waals surface area contributed by atoms with E-state index in [9.17, 15) is 10.1 Å². The van der Waals surface area contributed by atoms with Crippen LogP contribution in [0.4, 0.5) is 11.4 Å². The number of rotatable bonds is 9. The number of benzene rings is 2. The maximum absolute atomic E-state index is 12.8. The molecule has 8 heteroatoms. The number of nitriles is 1. The molecule has 33 heavy (non-hydrogen) atoms. The van der Waals surface area contributed by atoms with Crippen LogP contribution in [0.2, 0.25) is 0 Å². The van der Waals surface area contributed by atoms with Gasteiger partial charge < -0.3 is 15.4 Å². The van der Waals surface area contributed by atoms with Gasteiger partial charge in [0.15, 0.2) is 0 Å². The van der Waals surface area contributed by atoms with Crippen LogP contribution in [0, 0.1) is 11.3 Å². The first-order valence-electron chi connectivity index (χ1n) is 10.2. The van der Waals surface area contributed by atoms with Crippen LogP contribution in [0.25, 0.3) is 0 Å². The van der Waals surface area contributed by atoms with Gasteiger partial charge >= 0.3 is 0 Å². The SMILES string of the molecule is C=Nc1ccc(Oc2cccc(NC(=O)c3cccc(C(C)(C)C#N)c3)c2)nc1SCNC. The molecular weight excluding hydrogens is 434 g/mol. The Morgan fingerprint density at radius 1 is 1.21 bits per heavy atom. The van der Waals surface area contributed by atoms with Crippen molar-refractivity contribution in [2.24, 2.45) is 4.99 Å². The van der Waals surface area contributed by atoms with E-state index in [1.807, 2.05) is 27.0 Å². The minimum atomic E-state index is -0.682. The van der Waals surface area contributed by atoms with Gasteiger partial charge in [0.25, 0.3) is 5.91 Å². The third kappa shape index (κ3) is 6.19. The van der Waals surface area contributed by atoms with Gasteiger partial charge in [-0.1, -0.05) is 30.0 Å². The van der Waals surface area contributed by atoms with Crippen molar-refractivity contribution in [1.82, 2.24) is 10.3 Å². The number of carbonyl (C=O) groups is 1. The molecule has 0 unspecified atom stereocenters. The lowest BCUT2D eigenvalue weighted by atomic mass is 9.85. The largest absolute Gasteiger partial charge is 0.439 e. The molecule has 2 aromatic carbocycles. The highest BCUT2D eigenvalue weighted by molar-refractivity contribution is 7.99.